The van der Waals surface area contributed by atoms with E-state index < -0.39 is 11.9 Å². The number of nitrogens with zero attached hydrogens (tertiary/aromatic N) is 1. The number of fused-ring (bicyclic) bond motifs is 1. The summed E-state index contributed by atoms with van der Waals surface area (Å²) in [6, 6.07) is 10.8. The van der Waals surface area contributed by atoms with Crippen LogP contribution in [0.4, 0.5) is 0 Å². The molecule has 1 aromatic carbocycles. The first-order chi connectivity index (χ1) is 12.1. The van der Waals surface area contributed by atoms with E-state index in [2.05, 4.69) is 9.97 Å². The summed E-state index contributed by atoms with van der Waals surface area (Å²) in [6.45, 7) is 3.73. The molecule has 128 valence electrons. The minimum Gasteiger partial charge on any atom is -0.462 e. The number of hydrogen-bond donors (Lipinski definition) is 1. The van der Waals surface area contributed by atoms with Gasteiger partial charge in [-0.3, -0.25) is 0 Å². The molecule has 0 fully saturated rings. The number of pyridine rings is 1. The van der Waals surface area contributed by atoms with Gasteiger partial charge in [-0.25, -0.2) is 14.6 Å². The largest absolute Gasteiger partial charge is 0.462 e. The van der Waals surface area contributed by atoms with Crippen molar-refractivity contribution in [3.8, 4) is 0 Å². The van der Waals surface area contributed by atoms with E-state index >= 15 is 0 Å². The number of aromatic amines is 1. The quantitative estimate of drug-likeness (QED) is 0.721. The molecule has 6 nitrogen and oxygen atoms in total. The highest BCUT2D eigenvalue weighted by molar-refractivity contribution is 5.98. The number of nitrogens with one attached hydrogen (secondary N) is 1. The van der Waals surface area contributed by atoms with Crippen LogP contribution in [-0.2, 0) is 16.1 Å². The molecule has 0 unspecified atom stereocenters. The van der Waals surface area contributed by atoms with Crippen molar-refractivity contribution in [1.29, 1.82) is 0 Å². The maximum Gasteiger partial charge on any atom is 0.355 e. The summed E-state index contributed by atoms with van der Waals surface area (Å²) in [5.41, 5.74) is 2.57. The molecule has 1 N–H and O–H groups in total. The van der Waals surface area contributed by atoms with E-state index in [1.807, 2.05) is 31.2 Å². The van der Waals surface area contributed by atoms with Crippen LogP contribution in [0.15, 0.2) is 42.6 Å². The van der Waals surface area contributed by atoms with Crippen LogP contribution in [0, 0.1) is 6.92 Å². The van der Waals surface area contributed by atoms with Crippen LogP contribution in [0.1, 0.15) is 39.0 Å². The Bertz CT molecular complexity index is 917. The fourth-order valence-corrected chi connectivity index (χ4v) is 2.69. The zero-order valence-corrected chi connectivity index (χ0v) is 14.0. The van der Waals surface area contributed by atoms with Crippen molar-refractivity contribution in [2.24, 2.45) is 0 Å². The average molecular weight is 338 g/mol. The Hall–Kier alpha value is -3.15. The van der Waals surface area contributed by atoms with Gasteiger partial charge in [0.25, 0.3) is 0 Å². The lowest BCUT2D eigenvalue weighted by atomic mass is 10.0. The molecular weight excluding hydrogens is 320 g/mol. The van der Waals surface area contributed by atoms with Crippen molar-refractivity contribution in [1.82, 2.24) is 9.97 Å². The normalized spacial score (nSPS) is 10.6. The van der Waals surface area contributed by atoms with E-state index in [1.165, 1.54) is 0 Å². The summed E-state index contributed by atoms with van der Waals surface area (Å²) >= 11 is 0. The second kappa shape index (κ2) is 7.17. The summed E-state index contributed by atoms with van der Waals surface area (Å²) in [5.74, 6) is -0.975. The molecule has 3 aromatic rings. The zero-order valence-electron chi connectivity index (χ0n) is 14.0. The van der Waals surface area contributed by atoms with Gasteiger partial charge in [0, 0.05) is 11.6 Å². The first kappa shape index (κ1) is 16.7. The van der Waals surface area contributed by atoms with E-state index in [0.29, 0.717) is 17.0 Å². The highest BCUT2D eigenvalue weighted by Gasteiger charge is 2.21. The van der Waals surface area contributed by atoms with Crippen molar-refractivity contribution in [3.63, 3.8) is 0 Å². The predicted molar refractivity (Wildman–Crippen MR) is 92.3 cm³/mol. The summed E-state index contributed by atoms with van der Waals surface area (Å²) in [4.78, 5) is 31.7. The van der Waals surface area contributed by atoms with Crippen LogP contribution >= 0.6 is 0 Å². The maximum atomic E-state index is 12.4. The molecule has 0 atom stereocenters. The maximum absolute atomic E-state index is 12.4. The van der Waals surface area contributed by atoms with Crippen molar-refractivity contribution >= 4 is 22.8 Å². The monoisotopic (exact) mass is 338 g/mol. The van der Waals surface area contributed by atoms with Crippen molar-refractivity contribution in [2.75, 3.05) is 6.61 Å². The molecule has 2 aromatic heterocycles. The number of carbonyl (C=O) groups is 2. The van der Waals surface area contributed by atoms with Gasteiger partial charge in [0.15, 0.2) is 0 Å². The second-order valence-corrected chi connectivity index (χ2v) is 5.46. The van der Waals surface area contributed by atoms with Gasteiger partial charge < -0.3 is 14.5 Å². The molecule has 0 aliphatic carbocycles. The number of aromatic nitrogens is 2. The zero-order chi connectivity index (χ0) is 17.8. The van der Waals surface area contributed by atoms with E-state index in [0.717, 1.165) is 16.5 Å². The van der Waals surface area contributed by atoms with Gasteiger partial charge in [0.2, 0.25) is 0 Å². The number of hydrogen-bond acceptors (Lipinski definition) is 5. The third-order valence-corrected chi connectivity index (χ3v) is 3.86. The Kier molecular flexibility index (Phi) is 4.79. The number of para-hydroxylation sites is 1. The van der Waals surface area contributed by atoms with Crippen molar-refractivity contribution < 1.29 is 19.1 Å². The third-order valence-electron chi connectivity index (χ3n) is 3.86. The van der Waals surface area contributed by atoms with Gasteiger partial charge in [-0.05, 0) is 37.6 Å². The van der Waals surface area contributed by atoms with Gasteiger partial charge in [-0.15, -0.1) is 0 Å². The fraction of sp³-hybridized carbons (Fsp3) is 0.211. The first-order valence-electron chi connectivity index (χ1n) is 7.97. The number of carbonyl (C=O) groups excluding carboxylic acids is 2. The number of esters is 2. The standard InChI is InChI=1S/C19H18N2O4/c1-3-24-19(23)17-12(2)13-7-4-5-8-14(13)21-16(17)11-25-18(22)15-9-6-10-20-15/h4-10,20H,3,11H2,1-2H3. The van der Waals surface area contributed by atoms with Crippen molar-refractivity contribution in [3.05, 3.63) is 65.1 Å². The SMILES string of the molecule is CCOC(=O)c1c(COC(=O)c2ccc[nH]2)nc2ccccc2c1C. The topological polar surface area (TPSA) is 81.3 Å². The molecule has 0 spiro atoms. The summed E-state index contributed by atoms with van der Waals surface area (Å²) in [7, 11) is 0. The van der Waals surface area contributed by atoms with Crippen LogP contribution in [-0.4, -0.2) is 28.5 Å². The smallest absolute Gasteiger partial charge is 0.355 e. The molecule has 0 aliphatic rings. The number of aryl methyl sites for hydroxylation is 1. The summed E-state index contributed by atoms with van der Waals surface area (Å²) in [5, 5.41) is 0.866. The Morgan fingerprint density at radius 3 is 2.60 bits per heavy atom. The van der Waals surface area contributed by atoms with E-state index in [9.17, 15) is 9.59 Å². The first-order valence-corrected chi connectivity index (χ1v) is 7.97. The van der Waals surface area contributed by atoms with Crippen LogP contribution in [0.25, 0.3) is 10.9 Å². The highest BCUT2D eigenvalue weighted by atomic mass is 16.5. The fourth-order valence-electron chi connectivity index (χ4n) is 2.69. The van der Waals surface area contributed by atoms with E-state index in [-0.39, 0.29) is 13.2 Å². The van der Waals surface area contributed by atoms with Crippen LogP contribution in [0.2, 0.25) is 0 Å². The van der Waals surface area contributed by atoms with Gasteiger partial charge in [0.05, 0.1) is 23.4 Å². The lowest BCUT2D eigenvalue weighted by Crippen LogP contribution is -2.15. The minimum absolute atomic E-state index is 0.113. The molecule has 2 heterocycles. The number of rotatable bonds is 5. The average Bonchev–Trinajstić information content (AvgIpc) is 3.14. The second-order valence-electron chi connectivity index (χ2n) is 5.46. The molecule has 0 amide bonds. The van der Waals surface area contributed by atoms with Crippen LogP contribution in [0.5, 0.6) is 0 Å². The molecule has 0 aliphatic heterocycles. The molecule has 0 saturated heterocycles. The van der Waals surface area contributed by atoms with E-state index in [1.54, 1.807) is 25.3 Å². The Morgan fingerprint density at radius 1 is 1.08 bits per heavy atom. The van der Waals surface area contributed by atoms with Gasteiger partial charge in [0.1, 0.15) is 12.3 Å². The summed E-state index contributed by atoms with van der Waals surface area (Å²) in [6.07, 6.45) is 1.64. The molecule has 0 bridgehead atoms. The molecule has 25 heavy (non-hydrogen) atoms. The molecule has 0 radical (unpaired) electrons. The van der Waals surface area contributed by atoms with Gasteiger partial charge >= 0.3 is 11.9 Å². The Balaban J connectivity index is 1.98. The molecular formula is C19H18N2O4. The molecule has 0 saturated carbocycles. The van der Waals surface area contributed by atoms with Crippen molar-refractivity contribution in [2.45, 2.75) is 20.5 Å². The lowest BCUT2D eigenvalue weighted by Gasteiger charge is -2.14. The minimum atomic E-state index is -0.507. The number of ether oxygens (including phenoxy) is 2. The van der Waals surface area contributed by atoms with Gasteiger partial charge in [-0.1, -0.05) is 18.2 Å². The van der Waals surface area contributed by atoms with Crippen LogP contribution < -0.4 is 0 Å². The third kappa shape index (κ3) is 3.38. The predicted octanol–water partition coefficient (Wildman–Crippen LogP) is 3.41. The molecule has 6 heteroatoms. The number of benzene rings is 1. The van der Waals surface area contributed by atoms with E-state index in [4.69, 9.17) is 9.47 Å². The van der Waals surface area contributed by atoms with Gasteiger partial charge in [-0.2, -0.15) is 0 Å². The Morgan fingerprint density at radius 2 is 1.88 bits per heavy atom. The van der Waals surface area contributed by atoms with Crippen LogP contribution in [0.3, 0.4) is 0 Å². The lowest BCUT2D eigenvalue weighted by molar-refractivity contribution is 0.0439. The number of H-pyrrole nitrogens is 1. The summed E-state index contributed by atoms with van der Waals surface area (Å²) < 4.78 is 10.5. The highest BCUT2D eigenvalue weighted by Crippen LogP contribution is 2.24. The molecule has 3 rings (SSSR count). The Labute approximate surface area is 144 Å².